The van der Waals surface area contributed by atoms with E-state index in [1.807, 2.05) is 0 Å². The first-order valence-electron chi connectivity index (χ1n) is 6.21. The van der Waals surface area contributed by atoms with Crippen molar-refractivity contribution in [3.05, 3.63) is 29.8 Å². The summed E-state index contributed by atoms with van der Waals surface area (Å²) in [5.41, 5.74) is -0.424. The van der Waals surface area contributed by atoms with Gasteiger partial charge in [0.1, 0.15) is 17.3 Å². The number of benzene rings is 1. The monoisotopic (exact) mass is 278 g/mol. The Balaban J connectivity index is 2.32. The predicted molar refractivity (Wildman–Crippen MR) is 66.7 cm³/mol. The zero-order chi connectivity index (χ0) is 14.7. The minimum absolute atomic E-state index is 0.160. The van der Waals surface area contributed by atoms with Crippen molar-refractivity contribution in [3.63, 3.8) is 0 Å². The Hall–Kier alpha value is -2.29. The van der Waals surface area contributed by atoms with Crippen LogP contribution in [0.25, 0.3) is 0 Å². The van der Waals surface area contributed by atoms with Gasteiger partial charge < -0.3 is 4.90 Å². The van der Waals surface area contributed by atoms with E-state index in [9.17, 15) is 18.4 Å². The minimum atomic E-state index is -0.984. The highest BCUT2D eigenvalue weighted by Gasteiger charge is 2.36. The molecule has 4 nitrogen and oxygen atoms in total. The summed E-state index contributed by atoms with van der Waals surface area (Å²) in [6.45, 7) is 0.160. The number of halogens is 2. The number of ketones is 1. The lowest BCUT2D eigenvalue weighted by Gasteiger charge is -2.31. The molecule has 0 saturated carbocycles. The molecule has 1 saturated heterocycles. The maximum atomic E-state index is 13.7. The van der Waals surface area contributed by atoms with Crippen molar-refractivity contribution >= 4 is 17.4 Å². The van der Waals surface area contributed by atoms with Crippen LogP contribution in [-0.4, -0.2) is 18.2 Å². The summed E-state index contributed by atoms with van der Waals surface area (Å²) in [4.78, 5) is 24.9. The summed E-state index contributed by atoms with van der Waals surface area (Å²) in [5.74, 6) is -3.81. The number of hydrogen-bond donors (Lipinski definition) is 0. The molecule has 0 radical (unpaired) electrons. The number of rotatable bonds is 3. The molecule has 1 fully saturated rings. The van der Waals surface area contributed by atoms with E-state index in [0.717, 1.165) is 17.0 Å². The van der Waals surface area contributed by atoms with Crippen LogP contribution in [0.5, 0.6) is 0 Å². The van der Waals surface area contributed by atoms with Crippen LogP contribution in [0, 0.1) is 28.9 Å². The van der Waals surface area contributed by atoms with Gasteiger partial charge in [0.15, 0.2) is 5.78 Å². The van der Waals surface area contributed by atoms with Gasteiger partial charge >= 0.3 is 0 Å². The Kier molecular flexibility index (Phi) is 4.08. The van der Waals surface area contributed by atoms with Crippen LogP contribution in [0.4, 0.5) is 14.5 Å². The molecule has 0 aliphatic carbocycles. The molecule has 1 atom stereocenters. The molecule has 6 heteroatoms. The summed E-state index contributed by atoms with van der Waals surface area (Å²) in [6.07, 6.45) is 0.400. The molecule has 1 heterocycles. The largest absolute Gasteiger partial charge is 0.307 e. The Bertz CT molecular complexity index is 575. The Morgan fingerprint density at radius 3 is 2.65 bits per heavy atom. The Labute approximate surface area is 114 Å². The molecule has 2 rings (SSSR count). The van der Waals surface area contributed by atoms with Crippen LogP contribution >= 0.6 is 0 Å². The van der Waals surface area contributed by atoms with Crippen molar-refractivity contribution in [1.82, 2.24) is 0 Å². The first-order valence-corrected chi connectivity index (χ1v) is 6.21. The minimum Gasteiger partial charge on any atom is -0.307 e. The van der Waals surface area contributed by atoms with Gasteiger partial charge in [0.25, 0.3) is 0 Å². The van der Waals surface area contributed by atoms with Gasteiger partial charge in [-0.1, -0.05) is 6.07 Å². The van der Waals surface area contributed by atoms with Crippen LogP contribution in [0.15, 0.2) is 18.2 Å². The fourth-order valence-electron chi connectivity index (χ4n) is 2.34. The smallest absolute Gasteiger partial charge is 0.237 e. The zero-order valence-electron chi connectivity index (χ0n) is 10.6. The van der Waals surface area contributed by atoms with Gasteiger partial charge in [0.05, 0.1) is 18.4 Å². The Morgan fingerprint density at radius 1 is 1.40 bits per heavy atom. The van der Waals surface area contributed by atoms with Crippen LogP contribution in [0.2, 0.25) is 0 Å². The van der Waals surface area contributed by atoms with Crippen molar-refractivity contribution in [2.24, 2.45) is 5.92 Å². The van der Waals surface area contributed by atoms with E-state index in [1.165, 1.54) is 6.07 Å². The summed E-state index contributed by atoms with van der Waals surface area (Å²) >= 11 is 0. The molecule has 1 amide bonds. The highest BCUT2D eigenvalue weighted by molar-refractivity contribution is 6.09. The number of nitrogens with zero attached hydrogens (tertiary/aromatic N) is 2. The lowest BCUT2D eigenvalue weighted by Crippen LogP contribution is -2.45. The van der Waals surface area contributed by atoms with Crippen LogP contribution in [0.1, 0.15) is 19.3 Å². The quantitative estimate of drug-likeness (QED) is 0.796. The number of hydrogen-bond acceptors (Lipinski definition) is 3. The fourth-order valence-corrected chi connectivity index (χ4v) is 2.34. The topological polar surface area (TPSA) is 61.2 Å². The van der Waals surface area contributed by atoms with Crippen molar-refractivity contribution in [1.29, 1.82) is 5.26 Å². The van der Waals surface area contributed by atoms with E-state index in [-0.39, 0.29) is 13.0 Å². The first kappa shape index (κ1) is 14.1. The van der Waals surface area contributed by atoms with Crippen LogP contribution < -0.4 is 4.90 Å². The molecule has 1 aromatic rings. The average Bonchev–Trinajstić information content (AvgIpc) is 2.40. The van der Waals surface area contributed by atoms with Crippen molar-refractivity contribution < 1.29 is 18.4 Å². The number of carbonyl (C=O) groups is 2. The molecule has 0 bridgehead atoms. The highest BCUT2D eigenvalue weighted by Crippen LogP contribution is 2.29. The van der Waals surface area contributed by atoms with Gasteiger partial charge in [-0.3, -0.25) is 9.59 Å². The van der Waals surface area contributed by atoms with Crippen molar-refractivity contribution in [2.75, 3.05) is 11.4 Å². The first-order chi connectivity index (χ1) is 9.56. The summed E-state index contributed by atoms with van der Waals surface area (Å²) in [6, 6.07) is 5.03. The molecule has 1 aliphatic heterocycles. The number of Topliss-reactive ketones (excluding diaryl/α,β-unsaturated/α-hetero) is 1. The van der Waals surface area contributed by atoms with Crippen LogP contribution in [-0.2, 0) is 9.59 Å². The third kappa shape index (κ3) is 2.52. The maximum absolute atomic E-state index is 13.7. The third-order valence-corrected chi connectivity index (χ3v) is 3.29. The molecule has 104 valence electrons. The summed E-state index contributed by atoms with van der Waals surface area (Å²) < 4.78 is 27.4. The highest BCUT2D eigenvalue weighted by atomic mass is 19.1. The fraction of sp³-hybridized carbons (Fsp3) is 0.357. The number of carbonyl (C=O) groups excluding carboxylic acids is 2. The van der Waals surface area contributed by atoms with E-state index < -0.39 is 34.9 Å². The second-order valence-electron chi connectivity index (χ2n) is 4.56. The van der Waals surface area contributed by atoms with E-state index in [4.69, 9.17) is 5.26 Å². The second-order valence-corrected chi connectivity index (χ2v) is 4.56. The molecule has 0 N–H and O–H groups in total. The standard InChI is InChI=1S/C14H12F2N2O2/c15-10-4-1-5-11(16)13(10)18-8-2-3-9(14(18)20)12(19)6-7-17/h1,4-5,9H,2-3,6,8H2. The zero-order valence-corrected chi connectivity index (χ0v) is 10.6. The summed E-state index contributed by atoms with van der Waals surface area (Å²) in [5, 5.41) is 8.51. The van der Waals surface area contributed by atoms with Crippen LogP contribution in [0.3, 0.4) is 0 Å². The van der Waals surface area contributed by atoms with E-state index in [2.05, 4.69) is 0 Å². The van der Waals surface area contributed by atoms with Crippen molar-refractivity contribution in [3.8, 4) is 6.07 Å². The van der Waals surface area contributed by atoms with Gasteiger partial charge in [-0.25, -0.2) is 8.78 Å². The second kappa shape index (κ2) is 5.78. The number of para-hydroxylation sites is 1. The van der Waals surface area contributed by atoms with Gasteiger partial charge in [-0.2, -0.15) is 5.26 Å². The van der Waals surface area contributed by atoms with Gasteiger partial charge in [0.2, 0.25) is 5.91 Å². The van der Waals surface area contributed by atoms with E-state index in [1.54, 1.807) is 6.07 Å². The molecular formula is C14H12F2N2O2. The van der Waals surface area contributed by atoms with Crippen molar-refractivity contribution in [2.45, 2.75) is 19.3 Å². The molecule has 1 aromatic carbocycles. The molecule has 20 heavy (non-hydrogen) atoms. The lowest BCUT2D eigenvalue weighted by molar-refractivity contribution is -0.133. The molecule has 0 spiro atoms. The normalized spacial score (nSPS) is 18.8. The SMILES string of the molecule is N#CCC(=O)C1CCCN(c2c(F)cccc2F)C1=O. The number of amides is 1. The maximum Gasteiger partial charge on any atom is 0.237 e. The average molecular weight is 278 g/mol. The predicted octanol–water partition coefficient (Wildman–Crippen LogP) is 2.19. The van der Waals surface area contributed by atoms with Gasteiger partial charge in [-0.05, 0) is 25.0 Å². The molecule has 1 unspecified atom stereocenters. The molecule has 0 aromatic heterocycles. The van der Waals surface area contributed by atoms with E-state index >= 15 is 0 Å². The van der Waals surface area contributed by atoms with Gasteiger partial charge in [0, 0.05) is 6.54 Å². The van der Waals surface area contributed by atoms with Gasteiger partial charge in [-0.15, -0.1) is 0 Å². The van der Waals surface area contributed by atoms with E-state index in [0.29, 0.717) is 12.8 Å². The number of nitriles is 1. The summed E-state index contributed by atoms with van der Waals surface area (Å²) in [7, 11) is 0. The third-order valence-electron chi connectivity index (χ3n) is 3.29. The number of piperidine rings is 1. The lowest BCUT2D eigenvalue weighted by atomic mass is 9.91. The molecular weight excluding hydrogens is 266 g/mol. The Morgan fingerprint density at radius 2 is 2.05 bits per heavy atom. The molecule has 1 aliphatic rings. The number of anilines is 1.